The van der Waals surface area contributed by atoms with Gasteiger partial charge in [0.2, 0.25) is 11.8 Å². The van der Waals surface area contributed by atoms with Crippen LogP contribution in [0.5, 0.6) is 0 Å². The topological polar surface area (TPSA) is 86.7 Å². The lowest BCUT2D eigenvalue weighted by Gasteiger charge is -2.34. The minimum atomic E-state index is -0.900. The maximum atomic E-state index is 11.5. The quantitative estimate of drug-likeness (QED) is 0.593. The largest absolute Gasteiger partial charge is 0.480 e. The molecule has 0 unspecified atom stereocenters. The Bertz CT molecular complexity index is 355. The number of amides is 2. The number of hydrogen-bond donors (Lipinski definition) is 2. The molecule has 2 heterocycles. The van der Waals surface area contributed by atoms with Crippen molar-refractivity contribution in [1.29, 1.82) is 0 Å². The Labute approximate surface area is 92.6 Å². The molecule has 2 amide bonds. The van der Waals surface area contributed by atoms with Gasteiger partial charge in [0.1, 0.15) is 6.04 Å². The van der Waals surface area contributed by atoms with Gasteiger partial charge in [0.05, 0.1) is 11.8 Å². The Hall–Kier alpha value is -1.43. The highest BCUT2D eigenvalue weighted by Gasteiger charge is 2.45. The number of fused-ring (bicyclic) bond motifs is 1. The van der Waals surface area contributed by atoms with E-state index in [0.29, 0.717) is 19.5 Å². The van der Waals surface area contributed by atoms with Crippen LogP contribution in [0.3, 0.4) is 0 Å². The van der Waals surface area contributed by atoms with Gasteiger partial charge in [0, 0.05) is 6.54 Å². The van der Waals surface area contributed by atoms with Crippen LogP contribution in [0.15, 0.2) is 0 Å². The molecule has 2 fully saturated rings. The van der Waals surface area contributed by atoms with E-state index in [9.17, 15) is 14.4 Å². The molecule has 2 aliphatic rings. The van der Waals surface area contributed by atoms with Crippen molar-refractivity contribution >= 4 is 17.8 Å². The summed E-state index contributed by atoms with van der Waals surface area (Å²) in [5.74, 6) is -2.01. The number of hydrogen-bond acceptors (Lipinski definition) is 4. The lowest BCUT2D eigenvalue weighted by molar-refractivity contribution is -0.144. The molecule has 0 aromatic rings. The van der Waals surface area contributed by atoms with E-state index in [2.05, 4.69) is 5.32 Å². The van der Waals surface area contributed by atoms with Crippen LogP contribution in [0, 0.1) is 11.8 Å². The summed E-state index contributed by atoms with van der Waals surface area (Å²) in [6, 6.07) is -0.607. The molecule has 0 saturated carbocycles. The van der Waals surface area contributed by atoms with Gasteiger partial charge in [-0.15, -0.1) is 0 Å². The van der Waals surface area contributed by atoms with Crippen LogP contribution in [-0.4, -0.2) is 46.9 Å². The number of rotatable bonds is 2. The van der Waals surface area contributed by atoms with E-state index >= 15 is 0 Å². The van der Waals surface area contributed by atoms with Crippen molar-refractivity contribution in [2.45, 2.75) is 19.4 Å². The zero-order valence-electron chi connectivity index (χ0n) is 8.97. The summed E-state index contributed by atoms with van der Waals surface area (Å²) >= 11 is 0. The van der Waals surface area contributed by atoms with E-state index in [1.165, 1.54) is 0 Å². The predicted molar refractivity (Wildman–Crippen MR) is 53.4 cm³/mol. The Morgan fingerprint density at radius 3 is 2.69 bits per heavy atom. The number of carboxylic acids is 1. The van der Waals surface area contributed by atoms with Crippen molar-refractivity contribution in [2.75, 3.05) is 13.1 Å². The van der Waals surface area contributed by atoms with Crippen LogP contribution < -0.4 is 5.32 Å². The van der Waals surface area contributed by atoms with Gasteiger partial charge in [-0.25, -0.2) is 0 Å². The van der Waals surface area contributed by atoms with Crippen LogP contribution >= 0.6 is 0 Å². The molecule has 0 bridgehead atoms. The summed E-state index contributed by atoms with van der Waals surface area (Å²) < 4.78 is 0. The number of carbonyl (C=O) groups is 3. The molecular weight excluding hydrogens is 212 g/mol. The number of imide groups is 1. The van der Waals surface area contributed by atoms with Crippen molar-refractivity contribution in [3.8, 4) is 0 Å². The summed E-state index contributed by atoms with van der Waals surface area (Å²) in [5.41, 5.74) is 0. The predicted octanol–water partition coefficient (Wildman–Crippen LogP) is -0.946. The highest BCUT2D eigenvalue weighted by Crippen LogP contribution is 2.29. The van der Waals surface area contributed by atoms with E-state index in [4.69, 9.17) is 5.11 Å². The number of aliphatic carboxylic acids is 1. The zero-order chi connectivity index (χ0) is 11.9. The summed E-state index contributed by atoms with van der Waals surface area (Å²) in [4.78, 5) is 35.4. The van der Waals surface area contributed by atoms with Gasteiger partial charge in [-0.2, -0.15) is 0 Å². The minimum Gasteiger partial charge on any atom is -0.480 e. The number of piperidine rings is 1. The lowest BCUT2D eigenvalue weighted by atomic mass is 9.87. The fraction of sp³-hybridized carbons (Fsp3) is 0.700. The smallest absolute Gasteiger partial charge is 0.320 e. The van der Waals surface area contributed by atoms with Gasteiger partial charge >= 0.3 is 5.97 Å². The fourth-order valence-corrected chi connectivity index (χ4v) is 2.37. The first-order valence-corrected chi connectivity index (χ1v) is 5.32. The first-order valence-electron chi connectivity index (χ1n) is 5.32. The summed E-state index contributed by atoms with van der Waals surface area (Å²) in [6.45, 7) is 2.50. The van der Waals surface area contributed by atoms with Gasteiger partial charge in [-0.05, 0) is 19.9 Å². The summed E-state index contributed by atoms with van der Waals surface area (Å²) in [6.07, 6.45) is 0.555. The van der Waals surface area contributed by atoms with Crippen molar-refractivity contribution < 1.29 is 19.5 Å². The van der Waals surface area contributed by atoms with E-state index in [1.807, 2.05) is 0 Å². The number of likely N-dealkylation sites (tertiary alicyclic amines) is 1. The van der Waals surface area contributed by atoms with Crippen LogP contribution in [0.4, 0.5) is 0 Å². The maximum absolute atomic E-state index is 11.5. The monoisotopic (exact) mass is 226 g/mol. The third-order valence-corrected chi connectivity index (χ3v) is 3.47. The van der Waals surface area contributed by atoms with E-state index in [-0.39, 0.29) is 23.7 Å². The van der Waals surface area contributed by atoms with Gasteiger partial charge in [0.15, 0.2) is 0 Å². The zero-order valence-corrected chi connectivity index (χ0v) is 8.97. The Morgan fingerprint density at radius 2 is 2.06 bits per heavy atom. The second kappa shape index (κ2) is 3.86. The van der Waals surface area contributed by atoms with Crippen LogP contribution in [-0.2, 0) is 14.4 Å². The van der Waals surface area contributed by atoms with Crippen molar-refractivity contribution in [1.82, 2.24) is 10.2 Å². The highest BCUT2D eigenvalue weighted by molar-refractivity contribution is 6.05. The van der Waals surface area contributed by atoms with Crippen LogP contribution in [0.1, 0.15) is 13.3 Å². The minimum absolute atomic E-state index is 0.211. The van der Waals surface area contributed by atoms with Gasteiger partial charge in [-0.3, -0.25) is 24.6 Å². The second-order valence-corrected chi connectivity index (χ2v) is 4.36. The molecule has 6 nitrogen and oxygen atoms in total. The maximum Gasteiger partial charge on any atom is 0.320 e. The van der Waals surface area contributed by atoms with E-state index in [0.717, 1.165) is 0 Å². The van der Waals surface area contributed by atoms with Crippen LogP contribution in [0.25, 0.3) is 0 Å². The molecular formula is C10H14N2O4. The Balaban J connectivity index is 2.08. The highest BCUT2D eigenvalue weighted by atomic mass is 16.4. The molecule has 6 heteroatoms. The number of nitrogens with one attached hydrogen (secondary N) is 1. The molecule has 0 aromatic carbocycles. The van der Waals surface area contributed by atoms with Crippen molar-refractivity contribution in [3.05, 3.63) is 0 Å². The lowest BCUT2D eigenvalue weighted by Crippen LogP contribution is -2.48. The third kappa shape index (κ3) is 1.69. The first-order chi connectivity index (χ1) is 7.50. The SMILES string of the molecule is C[C@H](C(=O)O)N1CC[C@@H]2C(=O)NC(=O)[C@@H]2C1. The molecule has 2 N–H and O–H groups in total. The normalized spacial score (nSPS) is 32.1. The molecule has 2 rings (SSSR count). The molecule has 0 aliphatic carbocycles. The van der Waals surface area contributed by atoms with Gasteiger partial charge in [0.25, 0.3) is 0 Å². The van der Waals surface area contributed by atoms with Gasteiger partial charge in [-0.1, -0.05) is 0 Å². The molecule has 2 aliphatic heterocycles. The standard InChI is InChI=1S/C10H14N2O4/c1-5(10(15)16)12-3-2-6-7(4-12)9(14)11-8(6)13/h5-7H,2-4H2,1H3,(H,15,16)(H,11,13,14)/t5-,6+,7-/m1/s1. The van der Waals surface area contributed by atoms with Crippen LogP contribution in [0.2, 0.25) is 0 Å². The average molecular weight is 226 g/mol. The average Bonchev–Trinajstić information content (AvgIpc) is 2.53. The molecule has 88 valence electrons. The van der Waals surface area contributed by atoms with Crippen molar-refractivity contribution in [2.24, 2.45) is 11.8 Å². The fourth-order valence-electron chi connectivity index (χ4n) is 2.37. The molecule has 0 aromatic heterocycles. The van der Waals surface area contributed by atoms with E-state index in [1.54, 1.807) is 11.8 Å². The number of carbonyl (C=O) groups excluding carboxylic acids is 2. The second-order valence-electron chi connectivity index (χ2n) is 4.36. The Morgan fingerprint density at radius 1 is 1.44 bits per heavy atom. The molecule has 2 saturated heterocycles. The number of nitrogens with zero attached hydrogens (tertiary/aromatic N) is 1. The van der Waals surface area contributed by atoms with Gasteiger partial charge < -0.3 is 5.11 Å². The summed E-state index contributed by atoms with van der Waals surface area (Å²) in [7, 11) is 0. The number of carboxylic acid groups (broad SMARTS) is 1. The molecule has 3 atom stereocenters. The Kier molecular flexibility index (Phi) is 2.67. The first kappa shape index (κ1) is 11.1. The third-order valence-electron chi connectivity index (χ3n) is 3.47. The molecule has 16 heavy (non-hydrogen) atoms. The molecule has 0 spiro atoms. The molecule has 0 radical (unpaired) electrons. The van der Waals surface area contributed by atoms with E-state index < -0.39 is 12.0 Å². The van der Waals surface area contributed by atoms with Crippen molar-refractivity contribution in [3.63, 3.8) is 0 Å². The summed E-state index contributed by atoms with van der Waals surface area (Å²) in [5, 5.41) is 11.2.